The molecular weight excluding hydrogens is 364 g/mol. The monoisotopic (exact) mass is 385 g/mol. The topological polar surface area (TPSA) is 75.3 Å². The molecule has 5 atom stereocenters. The van der Waals surface area contributed by atoms with Gasteiger partial charge in [-0.15, -0.1) is 0 Å². The predicted octanol–water partition coefficient (Wildman–Crippen LogP) is 2.30. The Kier molecular flexibility index (Phi) is 4.28. The van der Waals surface area contributed by atoms with E-state index in [1.807, 2.05) is 0 Å². The average Bonchev–Trinajstić information content (AvgIpc) is 3.03. The van der Waals surface area contributed by atoms with Crippen LogP contribution < -0.4 is 5.32 Å². The maximum absolute atomic E-state index is 13.9. The Labute approximate surface area is 154 Å². The van der Waals surface area contributed by atoms with Gasteiger partial charge in [0.15, 0.2) is 24.0 Å². The molecule has 7 nitrogen and oxygen atoms in total. The lowest BCUT2D eigenvalue weighted by Crippen LogP contribution is -2.58. The largest absolute Gasteiger partial charge is 0.342 e. The molecule has 1 aromatic rings. The maximum atomic E-state index is 13.9. The summed E-state index contributed by atoms with van der Waals surface area (Å²) in [5.41, 5.74) is -0.161. The third kappa shape index (κ3) is 3.45. The minimum atomic E-state index is -1.13. The molecule has 9 heteroatoms. The second-order valence-corrected chi connectivity index (χ2v) is 7.70. The van der Waals surface area contributed by atoms with Gasteiger partial charge in [0.2, 0.25) is 0 Å². The summed E-state index contributed by atoms with van der Waals surface area (Å²) in [4.78, 5) is 12.8. The molecule has 3 saturated heterocycles. The van der Waals surface area contributed by atoms with Crippen molar-refractivity contribution in [1.82, 2.24) is 0 Å². The van der Waals surface area contributed by atoms with E-state index in [1.165, 1.54) is 0 Å². The van der Waals surface area contributed by atoms with Crippen molar-refractivity contribution in [3.05, 3.63) is 29.8 Å². The zero-order chi connectivity index (χ0) is 19.6. The minimum Gasteiger partial charge on any atom is -0.342 e. The number of amides is 1. The van der Waals surface area contributed by atoms with Crippen molar-refractivity contribution in [2.75, 3.05) is 5.32 Å². The summed E-state index contributed by atoms with van der Waals surface area (Å²) in [6.07, 6.45) is -3.91. The lowest BCUT2D eigenvalue weighted by Gasteiger charge is -2.36. The normalized spacial score (nSPS) is 36.1. The number of hydrogen-bond acceptors (Lipinski definition) is 6. The zero-order valence-electron chi connectivity index (χ0n) is 15.3. The molecule has 1 amide bonds. The number of hydrogen-bond donors (Lipinski definition) is 1. The quantitative estimate of drug-likeness (QED) is 0.842. The average molecular weight is 385 g/mol. The molecule has 1 N–H and O–H groups in total. The summed E-state index contributed by atoms with van der Waals surface area (Å²) >= 11 is 0. The minimum absolute atomic E-state index is 0.161. The second-order valence-electron chi connectivity index (χ2n) is 7.70. The van der Waals surface area contributed by atoms with E-state index >= 15 is 0 Å². The summed E-state index contributed by atoms with van der Waals surface area (Å²) < 4.78 is 56.1. The molecule has 4 rings (SSSR count). The van der Waals surface area contributed by atoms with Crippen LogP contribution in [-0.4, -0.2) is 48.2 Å². The van der Waals surface area contributed by atoms with E-state index < -0.39 is 59.8 Å². The number of carbonyl (C=O) groups excluding carboxylic acids is 1. The van der Waals surface area contributed by atoms with Gasteiger partial charge in [-0.05, 0) is 39.8 Å². The number of benzene rings is 1. The van der Waals surface area contributed by atoms with Crippen LogP contribution in [0.15, 0.2) is 18.2 Å². The highest BCUT2D eigenvalue weighted by molar-refractivity contribution is 5.95. The molecule has 0 aliphatic carbocycles. The summed E-state index contributed by atoms with van der Waals surface area (Å²) in [6.45, 7) is 6.90. The lowest BCUT2D eigenvalue weighted by atomic mass is 9.98. The first kappa shape index (κ1) is 18.7. The van der Waals surface area contributed by atoms with Gasteiger partial charge < -0.3 is 29.0 Å². The molecule has 0 bridgehead atoms. The Bertz CT molecular complexity index is 770. The van der Waals surface area contributed by atoms with Crippen LogP contribution in [0, 0.1) is 11.6 Å². The number of anilines is 1. The number of halogens is 2. The molecule has 3 heterocycles. The van der Waals surface area contributed by atoms with Crippen LogP contribution in [0.3, 0.4) is 0 Å². The van der Waals surface area contributed by atoms with Crippen molar-refractivity contribution in [3.63, 3.8) is 0 Å². The molecule has 0 aromatic heterocycles. The molecule has 0 radical (unpaired) electrons. The van der Waals surface area contributed by atoms with Crippen LogP contribution in [0.25, 0.3) is 0 Å². The van der Waals surface area contributed by atoms with Crippen LogP contribution in [0.1, 0.15) is 27.7 Å². The standard InChI is InChI=1S/C18H21F2NO6/c1-17(2)24-11-12(25-17)14-16(27-18(3,4)26-14)23-13(11)15(22)21-10-6-5-8(19)7-9(10)20/h5-7,11-14,16H,1-4H3,(H,21,22)/t11-,12-,13+,14-,16+/m1/s1. The highest BCUT2D eigenvalue weighted by atomic mass is 19.1. The molecule has 0 saturated carbocycles. The van der Waals surface area contributed by atoms with Crippen molar-refractivity contribution in [2.45, 2.75) is 70.0 Å². The molecule has 0 unspecified atom stereocenters. The predicted molar refractivity (Wildman–Crippen MR) is 87.5 cm³/mol. The maximum Gasteiger partial charge on any atom is 0.256 e. The fourth-order valence-corrected chi connectivity index (χ4v) is 3.62. The van der Waals surface area contributed by atoms with Gasteiger partial charge in [0.1, 0.15) is 29.9 Å². The third-order valence-electron chi connectivity index (χ3n) is 4.60. The molecule has 3 fully saturated rings. The Morgan fingerprint density at radius 2 is 1.59 bits per heavy atom. The van der Waals surface area contributed by atoms with Gasteiger partial charge in [-0.1, -0.05) is 0 Å². The molecule has 27 heavy (non-hydrogen) atoms. The fourth-order valence-electron chi connectivity index (χ4n) is 3.62. The fraction of sp³-hybridized carbons (Fsp3) is 0.611. The van der Waals surface area contributed by atoms with Gasteiger partial charge in [-0.3, -0.25) is 4.79 Å². The molecule has 148 valence electrons. The van der Waals surface area contributed by atoms with Gasteiger partial charge in [-0.2, -0.15) is 0 Å². The van der Waals surface area contributed by atoms with Gasteiger partial charge in [-0.25, -0.2) is 8.78 Å². The second kappa shape index (κ2) is 6.18. The summed E-state index contributed by atoms with van der Waals surface area (Å²) in [7, 11) is 0. The molecule has 3 aliphatic heterocycles. The lowest BCUT2D eigenvalue weighted by molar-refractivity contribution is -0.229. The van der Waals surface area contributed by atoms with Crippen LogP contribution in [0.5, 0.6) is 0 Å². The Morgan fingerprint density at radius 1 is 0.963 bits per heavy atom. The van der Waals surface area contributed by atoms with Crippen LogP contribution in [0.2, 0.25) is 0 Å². The molecule has 3 aliphatic rings. The van der Waals surface area contributed by atoms with Crippen molar-refractivity contribution >= 4 is 11.6 Å². The van der Waals surface area contributed by atoms with Crippen molar-refractivity contribution in [1.29, 1.82) is 0 Å². The van der Waals surface area contributed by atoms with Gasteiger partial charge in [0.05, 0.1) is 5.69 Å². The highest BCUT2D eigenvalue weighted by Gasteiger charge is 2.62. The summed E-state index contributed by atoms with van der Waals surface area (Å²) in [6, 6.07) is 2.87. The van der Waals surface area contributed by atoms with Crippen LogP contribution >= 0.6 is 0 Å². The van der Waals surface area contributed by atoms with Gasteiger partial charge >= 0.3 is 0 Å². The van der Waals surface area contributed by atoms with Crippen LogP contribution in [-0.2, 0) is 28.5 Å². The van der Waals surface area contributed by atoms with E-state index in [4.69, 9.17) is 23.7 Å². The van der Waals surface area contributed by atoms with E-state index in [1.54, 1.807) is 27.7 Å². The van der Waals surface area contributed by atoms with Gasteiger partial charge in [0.25, 0.3) is 5.91 Å². The van der Waals surface area contributed by atoms with Crippen molar-refractivity contribution in [2.24, 2.45) is 0 Å². The third-order valence-corrected chi connectivity index (χ3v) is 4.60. The molecule has 1 aromatic carbocycles. The number of rotatable bonds is 2. The number of ether oxygens (including phenoxy) is 5. The Balaban J connectivity index is 1.59. The van der Waals surface area contributed by atoms with Crippen molar-refractivity contribution in [3.8, 4) is 0 Å². The summed E-state index contributed by atoms with van der Waals surface area (Å²) in [5.74, 6) is -4.15. The SMILES string of the molecule is CC1(C)O[C@@H]2[C@@H](O1)[C@@H](C(=O)Nc1ccc(F)cc1F)O[C@H]1OC(C)(C)O[C@@H]12. The van der Waals surface area contributed by atoms with E-state index in [-0.39, 0.29) is 5.69 Å². The first-order valence-corrected chi connectivity index (χ1v) is 8.67. The van der Waals surface area contributed by atoms with E-state index in [0.29, 0.717) is 6.07 Å². The highest BCUT2D eigenvalue weighted by Crippen LogP contribution is 2.44. The summed E-state index contributed by atoms with van der Waals surface area (Å²) in [5, 5.41) is 2.41. The number of carbonyl (C=O) groups is 1. The first-order valence-electron chi connectivity index (χ1n) is 8.67. The van der Waals surface area contributed by atoms with Crippen molar-refractivity contribution < 1.29 is 37.3 Å². The van der Waals surface area contributed by atoms with E-state index in [2.05, 4.69) is 5.32 Å². The molecule has 0 spiro atoms. The number of nitrogens with one attached hydrogen (secondary N) is 1. The Hall–Kier alpha value is -1.65. The van der Waals surface area contributed by atoms with E-state index in [0.717, 1.165) is 12.1 Å². The smallest absolute Gasteiger partial charge is 0.256 e. The molecular formula is C18H21F2NO6. The van der Waals surface area contributed by atoms with Crippen LogP contribution in [0.4, 0.5) is 14.5 Å². The zero-order valence-corrected chi connectivity index (χ0v) is 15.3. The first-order chi connectivity index (χ1) is 12.5. The number of fused-ring (bicyclic) bond motifs is 3. The van der Waals surface area contributed by atoms with E-state index in [9.17, 15) is 13.6 Å². The Morgan fingerprint density at radius 3 is 2.30 bits per heavy atom. The van der Waals surface area contributed by atoms with Gasteiger partial charge in [0, 0.05) is 6.07 Å².